The summed E-state index contributed by atoms with van der Waals surface area (Å²) in [6.45, 7) is 5.56. The number of nitrogens with zero attached hydrogens (tertiary/aromatic N) is 3. The molecule has 2 N–H and O–H groups in total. The van der Waals surface area contributed by atoms with Gasteiger partial charge in [-0.1, -0.05) is 0 Å². The molecule has 1 aliphatic heterocycles. The smallest absolute Gasteiger partial charge is 0.247 e. The number of aryl methyl sites for hydroxylation is 1. The Hall–Kier alpha value is -2.67. The number of likely N-dealkylation sites (tertiary alicyclic amines) is 1. The fraction of sp³-hybridized carbons (Fsp3) is 0.389. The van der Waals surface area contributed by atoms with Gasteiger partial charge >= 0.3 is 0 Å². The quantitative estimate of drug-likeness (QED) is 0.883. The maximum atomic E-state index is 12.5. The number of aliphatic hydroxyl groups is 1. The lowest BCUT2D eigenvalue weighted by atomic mass is 10.1. The summed E-state index contributed by atoms with van der Waals surface area (Å²) in [7, 11) is 0. The molecule has 7 nitrogen and oxygen atoms in total. The fourth-order valence-electron chi connectivity index (χ4n) is 3.10. The Kier molecular flexibility index (Phi) is 4.59. The highest BCUT2D eigenvalue weighted by Gasteiger charge is 2.37. The number of carbonyl (C=O) groups is 2. The standard InChI is InChI=1S/C18H22N4O3/c1-11-12(2)22(10-19-11)15-6-4-14(5-7-15)20-18(25)17-8-16(24)9-21(17)13(3)23/h4-7,10,16-17,24H,8-9H2,1-3H3,(H,20,25)/t16-,17+/m1/s1. The molecule has 0 unspecified atom stereocenters. The predicted octanol–water partition coefficient (Wildman–Crippen LogP) is 1.41. The van der Waals surface area contributed by atoms with Crippen LogP contribution in [0.3, 0.4) is 0 Å². The van der Waals surface area contributed by atoms with Crippen molar-refractivity contribution in [3.8, 4) is 5.69 Å². The molecule has 1 fully saturated rings. The third-order valence-electron chi connectivity index (χ3n) is 4.65. The molecule has 2 heterocycles. The highest BCUT2D eigenvalue weighted by Crippen LogP contribution is 2.21. The third-order valence-corrected chi connectivity index (χ3v) is 4.65. The first-order valence-corrected chi connectivity index (χ1v) is 8.24. The number of nitrogens with one attached hydrogen (secondary N) is 1. The molecule has 1 aromatic heterocycles. The van der Waals surface area contributed by atoms with Gasteiger partial charge in [0.15, 0.2) is 0 Å². The van der Waals surface area contributed by atoms with Crippen molar-refractivity contribution in [2.24, 2.45) is 0 Å². The zero-order chi connectivity index (χ0) is 18.1. The van der Waals surface area contributed by atoms with Crippen molar-refractivity contribution in [2.45, 2.75) is 39.3 Å². The zero-order valence-corrected chi connectivity index (χ0v) is 14.6. The van der Waals surface area contributed by atoms with Gasteiger partial charge in [0.25, 0.3) is 0 Å². The van der Waals surface area contributed by atoms with E-state index in [1.54, 1.807) is 6.33 Å². The number of β-amino-alcohol motifs (C(OH)–C–C–N with tert-alkyl or cyclic N) is 1. The highest BCUT2D eigenvalue weighted by atomic mass is 16.3. The van der Waals surface area contributed by atoms with Gasteiger partial charge in [0.1, 0.15) is 6.04 Å². The summed E-state index contributed by atoms with van der Waals surface area (Å²) in [4.78, 5) is 29.8. The lowest BCUT2D eigenvalue weighted by Gasteiger charge is -2.22. The van der Waals surface area contributed by atoms with E-state index in [1.165, 1.54) is 11.8 Å². The number of hydrogen-bond acceptors (Lipinski definition) is 4. The van der Waals surface area contributed by atoms with E-state index >= 15 is 0 Å². The van der Waals surface area contributed by atoms with Gasteiger partial charge in [0.05, 0.1) is 18.1 Å². The molecule has 0 spiro atoms. The van der Waals surface area contributed by atoms with E-state index in [4.69, 9.17) is 0 Å². The van der Waals surface area contributed by atoms with E-state index in [0.29, 0.717) is 5.69 Å². The number of amides is 2. The first kappa shape index (κ1) is 17.2. The number of anilines is 1. The SMILES string of the molecule is CC(=O)N1C[C@H](O)C[C@H]1C(=O)Nc1ccc(-n2cnc(C)c2C)cc1. The zero-order valence-electron chi connectivity index (χ0n) is 14.6. The minimum atomic E-state index is -0.658. The van der Waals surface area contributed by atoms with E-state index in [2.05, 4.69) is 10.3 Å². The van der Waals surface area contributed by atoms with Crippen molar-refractivity contribution in [2.75, 3.05) is 11.9 Å². The number of aliphatic hydroxyl groups excluding tert-OH is 1. The van der Waals surface area contributed by atoms with E-state index in [1.807, 2.05) is 42.7 Å². The second kappa shape index (κ2) is 6.68. The number of rotatable bonds is 3. The van der Waals surface area contributed by atoms with Crippen LogP contribution in [0.25, 0.3) is 5.69 Å². The molecule has 1 saturated heterocycles. The number of carbonyl (C=O) groups excluding carboxylic acids is 2. The highest BCUT2D eigenvalue weighted by molar-refractivity contribution is 5.97. The van der Waals surface area contributed by atoms with Gasteiger partial charge in [0.2, 0.25) is 11.8 Å². The molecule has 0 saturated carbocycles. The molecule has 0 radical (unpaired) electrons. The number of hydrogen-bond donors (Lipinski definition) is 2. The minimum Gasteiger partial charge on any atom is -0.391 e. The van der Waals surface area contributed by atoms with Gasteiger partial charge in [-0.2, -0.15) is 0 Å². The largest absolute Gasteiger partial charge is 0.391 e. The van der Waals surface area contributed by atoms with Gasteiger partial charge in [-0.25, -0.2) is 4.98 Å². The van der Waals surface area contributed by atoms with E-state index < -0.39 is 12.1 Å². The van der Waals surface area contributed by atoms with Gasteiger partial charge in [-0.15, -0.1) is 0 Å². The first-order valence-electron chi connectivity index (χ1n) is 8.24. The number of benzene rings is 1. The summed E-state index contributed by atoms with van der Waals surface area (Å²) in [5.74, 6) is -0.493. The molecule has 1 aliphatic rings. The van der Waals surface area contributed by atoms with Crippen molar-refractivity contribution in [3.63, 3.8) is 0 Å². The predicted molar refractivity (Wildman–Crippen MR) is 93.5 cm³/mol. The molecular formula is C18H22N4O3. The average molecular weight is 342 g/mol. The molecule has 0 aliphatic carbocycles. The van der Waals surface area contributed by atoms with Crippen molar-refractivity contribution >= 4 is 17.5 Å². The Labute approximate surface area is 146 Å². The second-order valence-corrected chi connectivity index (χ2v) is 6.40. The van der Waals surface area contributed by atoms with E-state index in [0.717, 1.165) is 17.1 Å². The molecule has 2 amide bonds. The topological polar surface area (TPSA) is 87.5 Å². The van der Waals surface area contributed by atoms with Crippen LogP contribution in [-0.2, 0) is 9.59 Å². The van der Waals surface area contributed by atoms with Crippen LogP contribution in [-0.4, -0.2) is 50.1 Å². The summed E-state index contributed by atoms with van der Waals surface area (Å²) in [6.07, 6.45) is 1.37. The van der Waals surface area contributed by atoms with Crippen LogP contribution in [0, 0.1) is 13.8 Å². The van der Waals surface area contributed by atoms with E-state index in [9.17, 15) is 14.7 Å². The molecule has 2 atom stereocenters. The molecular weight excluding hydrogens is 320 g/mol. The Morgan fingerprint density at radius 3 is 2.48 bits per heavy atom. The Morgan fingerprint density at radius 1 is 1.24 bits per heavy atom. The number of imidazole rings is 1. The molecule has 25 heavy (non-hydrogen) atoms. The number of aromatic nitrogens is 2. The summed E-state index contributed by atoms with van der Waals surface area (Å²) < 4.78 is 1.98. The van der Waals surface area contributed by atoms with Crippen LogP contribution in [0.15, 0.2) is 30.6 Å². The van der Waals surface area contributed by atoms with Crippen molar-refractivity contribution in [3.05, 3.63) is 42.0 Å². The Bertz CT molecular complexity index is 797. The molecule has 2 aromatic rings. The second-order valence-electron chi connectivity index (χ2n) is 6.40. The van der Waals surface area contributed by atoms with Gasteiger partial charge in [0, 0.05) is 37.0 Å². The summed E-state index contributed by atoms with van der Waals surface area (Å²) >= 11 is 0. The van der Waals surface area contributed by atoms with Gasteiger partial charge in [-0.3, -0.25) is 9.59 Å². The minimum absolute atomic E-state index is 0.200. The fourth-order valence-corrected chi connectivity index (χ4v) is 3.10. The van der Waals surface area contributed by atoms with Crippen LogP contribution in [0.1, 0.15) is 24.7 Å². The van der Waals surface area contributed by atoms with Crippen LogP contribution in [0.4, 0.5) is 5.69 Å². The monoisotopic (exact) mass is 342 g/mol. The molecule has 132 valence electrons. The third kappa shape index (κ3) is 3.41. The van der Waals surface area contributed by atoms with Crippen LogP contribution in [0.2, 0.25) is 0 Å². The van der Waals surface area contributed by atoms with Crippen molar-refractivity contribution in [1.82, 2.24) is 14.5 Å². The lowest BCUT2D eigenvalue weighted by molar-refractivity contribution is -0.134. The van der Waals surface area contributed by atoms with Crippen molar-refractivity contribution < 1.29 is 14.7 Å². The van der Waals surface area contributed by atoms with Crippen LogP contribution in [0.5, 0.6) is 0 Å². The van der Waals surface area contributed by atoms with Gasteiger partial charge in [-0.05, 0) is 38.1 Å². The van der Waals surface area contributed by atoms with Gasteiger partial charge < -0.3 is 19.9 Å². The lowest BCUT2D eigenvalue weighted by Crippen LogP contribution is -2.42. The normalized spacial score (nSPS) is 19.9. The maximum Gasteiger partial charge on any atom is 0.247 e. The summed E-state index contributed by atoms with van der Waals surface area (Å²) in [6, 6.07) is 6.79. The Balaban J connectivity index is 1.72. The summed E-state index contributed by atoms with van der Waals surface area (Å²) in [5, 5.41) is 12.6. The summed E-state index contributed by atoms with van der Waals surface area (Å²) in [5.41, 5.74) is 3.64. The molecule has 3 rings (SSSR count). The first-order chi connectivity index (χ1) is 11.9. The van der Waals surface area contributed by atoms with Crippen molar-refractivity contribution in [1.29, 1.82) is 0 Å². The van der Waals surface area contributed by atoms with Crippen LogP contribution < -0.4 is 5.32 Å². The van der Waals surface area contributed by atoms with E-state index in [-0.39, 0.29) is 24.8 Å². The molecule has 7 heteroatoms. The Morgan fingerprint density at radius 2 is 1.92 bits per heavy atom. The average Bonchev–Trinajstić information content (AvgIpc) is 3.12. The maximum absolute atomic E-state index is 12.5. The molecule has 0 bridgehead atoms. The van der Waals surface area contributed by atoms with Crippen LogP contribution >= 0.6 is 0 Å². The molecule has 1 aromatic carbocycles.